The van der Waals surface area contributed by atoms with Gasteiger partial charge in [-0.1, -0.05) is 6.08 Å². The molecule has 2 aliphatic heterocycles. The number of hydrogen-bond donors (Lipinski definition) is 3. The normalized spacial score (nSPS) is 18.8. The van der Waals surface area contributed by atoms with Gasteiger partial charge in [0.05, 0.1) is 27.2 Å². The summed E-state index contributed by atoms with van der Waals surface area (Å²) in [6, 6.07) is 8.15. The summed E-state index contributed by atoms with van der Waals surface area (Å²) in [6.45, 7) is 2.26. The Hall–Kier alpha value is -3.50. The molecular weight excluding hydrogens is 438 g/mol. The number of aliphatic hydroxyl groups excluding tert-OH is 1. The number of aromatic amines is 1. The third-order valence-corrected chi connectivity index (χ3v) is 7.07. The van der Waals surface area contributed by atoms with Gasteiger partial charge in [0.25, 0.3) is 0 Å². The highest BCUT2D eigenvalue weighted by atomic mass is 32.1. The van der Waals surface area contributed by atoms with Gasteiger partial charge in [0.15, 0.2) is 0 Å². The van der Waals surface area contributed by atoms with Gasteiger partial charge in [-0.2, -0.15) is 0 Å². The van der Waals surface area contributed by atoms with E-state index in [4.69, 9.17) is 0 Å². The molecule has 3 aromatic heterocycles. The fraction of sp³-hybridized carbons (Fsp3) is 0.304. The second-order valence-corrected chi connectivity index (χ2v) is 9.31. The van der Waals surface area contributed by atoms with Crippen molar-refractivity contribution in [3.8, 4) is 0 Å². The minimum atomic E-state index is -0.399. The number of rotatable bonds is 3. The van der Waals surface area contributed by atoms with Gasteiger partial charge in [-0.3, -0.25) is 0 Å². The lowest BCUT2D eigenvalue weighted by Gasteiger charge is -2.30. The van der Waals surface area contributed by atoms with Gasteiger partial charge in [0, 0.05) is 37.6 Å². The summed E-state index contributed by atoms with van der Waals surface area (Å²) in [7, 11) is 0. The molecule has 1 unspecified atom stereocenters. The van der Waals surface area contributed by atoms with Gasteiger partial charge in [-0.25, -0.2) is 19.7 Å². The zero-order chi connectivity index (χ0) is 22.4. The average Bonchev–Trinajstić information content (AvgIpc) is 3.58. The molecule has 6 rings (SSSR count). The van der Waals surface area contributed by atoms with Gasteiger partial charge in [-0.05, 0) is 42.7 Å². The van der Waals surface area contributed by atoms with Gasteiger partial charge in [0.1, 0.15) is 17.8 Å². The number of aromatic nitrogens is 4. The van der Waals surface area contributed by atoms with E-state index in [1.54, 1.807) is 22.6 Å². The number of hydrogen-bond acceptors (Lipinski definition) is 7. The van der Waals surface area contributed by atoms with Crippen molar-refractivity contribution in [2.45, 2.75) is 18.9 Å². The zero-order valence-corrected chi connectivity index (χ0v) is 18.7. The summed E-state index contributed by atoms with van der Waals surface area (Å²) >= 11 is 1.61. The van der Waals surface area contributed by atoms with Crippen LogP contribution in [0.25, 0.3) is 26.8 Å². The first kappa shape index (κ1) is 20.1. The molecule has 0 spiro atoms. The van der Waals surface area contributed by atoms with Crippen molar-refractivity contribution in [1.29, 1.82) is 0 Å². The van der Waals surface area contributed by atoms with Gasteiger partial charge in [-0.15, -0.1) is 11.3 Å². The number of thiazole rings is 1. The summed E-state index contributed by atoms with van der Waals surface area (Å²) in [6.07, 6.45) is 4.66. The molecule has 4 aromatic rings. The average molecular weight is 462 g/mol. The van der Waals surface area contributed by atoms with E-state index in [2.05, 4.69) is 43.5 Å². The smallest absolute Gasteiger partial charge is 0.320 e. The molecule has 10 heteroatoms. The molecule has 0 bridgehead atoms. The molecule has 5 heterocycles. The number of anilines is 2. The monoisotopic (exact) mass is 461 g/mol. The highest BCUT2D eigenvalue weighted by molar-refractivity contribution is 7.16. The minimum Gasteiger partial charge on any atom is -0.391 e. The van der Waals surface area contributed by atoms with Crippen LogP contribution < -0.4 is 5.32 Å². The molecule has 33 heavy (non-hydrogen) atoms. The minimum absolute atomic E-state index is 0.00811. The number of nitrogens with zero attached hydrogens (tertiary/aromatic N) is 5. The largest absolute Gasteiger partial charge is 0.391 e. The van der Waals surface area contributed by atoms with Gasteiger partial charge >= 0.3 is 6.03 Å². The molecule has 1 atom stereocenters. The third-order valence-electron chi connectivity index (χ3n) is 6.28. The highest BCUT2D eigenvalue weighted by Crippen LogP contribution is 2.30. The standard InChI is InChI=1S/C23H23N7O2S/c31-16-5-8-30(11-16)23(32)29-6-3-14(4-7-29)19-10-17-21(24-12-25-22(17)28-19)27-15-1-2-18-20(9-15)33-13-26-18/h1-3,9-10,12-13,16,31H,4-8,11H2,(H2,24,25,27,28). The Morgan fingerprint density at radius 3 is 2.94 bits per heavy atom. The fourth-order valence-electron chi connectivity index (χ4n) is 4.49. The topological polar surface area (TPSA) is 110 Å². The van der Waals surface area contributed by atoms with Gasteiger partial charge < -0.3 is 25.2 Å². The van der Waals surface area contributed by atoms with Crippen molar-refractivity contribution >= 4 is 55.7 Å². The van der Waals surface area contributed by atoms with Crippen LogP contribution in [0.2, 0.25) is 0 Å². The molecule has 1 aromatic carbocycles. The first-order valence-electron chi connectivity index (χ1n) is 11.0. The summed E-state index contributed by atoms with van der Waals surface area (Å²) in [5, 5.41) is 14.0. The Balaban J connectivity index is 1.22. The van der Waals surface area contributed by atoms with Crippen LogP contribution in [0, 0.1) is 0 Å². The van der Waals surface area contributed by atoms with E-state index < -0.39 is 6.10 Å². The number of urea groups is 1. The molecule has 3 N–H and O–H groups in total. The second-order valence-electron chi connectivity index (χ2n) is 8.42. The third kappa shape index (κ3) is 3.81. The van der Waals surface area contributed by atoms with Crippen molar-refractivity contribution in [2.24, 2.45) is 0 Å². The number of H-pyrrole nitrogens is 1. The lowest BCUT2D eigenvalue weighted by Crippen LogP contribution is -2.44. The number of benzene rings is 1. The van der Waals surface area contributed by atoms with Crippen LogP contribution in [0.3, 0.4) is 0 Å². The highest BCUT2D eigenvalue weighted by Gasteiger charge is 2.29. The number of likely N-dealkylation sites (tertiary alicyclic amines) is 1. The number of carbonyl (C=O) groups is 1. The van der Waals surface area contributed by atoms with Crippen molar-refractivity contribution in [3.63, 3.8) is 0 Å². The summed E-state index contributed by atoms with van der Waals surface area (Å²) in [5.74, 6) is 0.743. The maximum absolute atomic E-state index is 12.7. The molecule has 1 fully saturated rings. The molecular formula is C23H23N7O2S. The number of amides is 2. The quantitative estimate of drug-likeness (QED) is 0.430. The summed E-state index contributed by atoms with van der Waals surface area (Å²) in [5.41, 5.74) is 6.71. The fourth-order valence-corrected chi connectivity index (χ4v) is 5.20. The van der Waals surface area contributed by atoms with Crippen molar-refractivity contribution in [1.82, 2.24) is 29.7 Å². The first-order chi connectivity index (χ1) is 16.1. The Morgan fingerprint density at radius 1 is 1.18 bits per heavy atom. The Morgan fingerprint density at radius 2 is 2.12 bits per heavy atom. The Kier molecular flexibility index (Phi) is 4.96. The maximum atomic E-state index is 12.7. The molecule has 0 aliphatic carbocycles. The van der Waals surface area contributed by atoms with Crippen LogP contribution in [0.15, 0.2) is 42.2 Å². The second kappa shape index (κ2) is 8.13. The van der Waals surface area contributed by atoms with E-state index in [0.29, 0.717) is 32.6 Å². The van der Waals surface area contributed by atoms with Crippen LogP contribution in [0.1, 0.15) is 18.5 Å². The molecule has 168 valence electrons. The first-order valence-corrected chi connectivity index (χ1v) is 11.9. The molecule has 2 amide bonds. The van der Waals surface area contributed by atoms with Crippen LogP contribution in [0.5, 0.6) is 0 Å². The number of aliphatic hydroxyl groups is 1. The predicted octanol–water partition coefficient (Wildman–Crippen LogP) is 3.59. The molecule has 0 saturated carbocycles. The lowest BCUT2D eigenvalue weighted by molar-refractivity contribution is 0.149. The van der Waals surface area contributed by atoms with Crippen LogP contribution in [-0.4, -0.2) is 73.2 Å². The van der Waals surface area contributed by atoms with E-state index in [1.807, 2.05) is 22.5 Å². The molecule has 0 radical (unpaired) electrons. The van der Waals surface area contributed by atoms with Gasteiger partial charge in [0.2, 0.25) is 0 Å². The summed E-state index contributed by atoms with van der Waals surface area (Å²) < 4.78 is 1.12. The number of fused-ring (bicyclic) bond motifs is 2. The van der Waals surface area contributed by atoms with E-state index in [0.717, 1.165) is 50.4 Å². The van der Waals surface area contributed by atoms with Crippen LogP contribution in [0.4, 0.5) is 16.3 Å². The predicted molar refractivity (Wildman–Crippen MR) is 129 cm³/mol. The van der Waals surface area contributed by atoms with Crippen molar-refractivity contribution in [2.75, 3.05) is 31.5 Å². The lowest BCUT2D eigenvalue weighted by atomic mass is 10.1. The van der Waals surface area contributed by atoms with Crippen LogP contribution >= 0.6 is 11.3 Å². The van der Waals surface area contributed by atoms with E-state index >= 15 is 0 Å². The molecule has 9 nitrogen and oxygen atoms in total. The Labute approximate surface area is 193 Å². The van der Waals surface area contributed by atoms with Crippen LogP contribution in [-0.2, 0) is 0 Å². The van der Waals surface area contributed by atoms with E-state index in [1.165, 1.54) is 0 Å². The van der Waals surface area contributed by atoms with E-state index in [9.17, 15) is 9.90 Å². The number of carbonyl (C=O) groups excluding carboxylic acids is 1. The molecule has 2 aliphatic rings. The zero-order valence-electron chi connectivity index (χ0n) is 17.9. The SMILES string of the molecule is O=C(N1CC=C(c2cc3c(Nc4ccc5ncsc5c4)ncnc3[nH]2)CC1)N1CCC(O)C1. The van der Waals surface area contributed by atoms with Crippen molar-refractivity contribution < 1.29 is 9.90 Å². The molecule has 1 saturated heterocycles. The number of β-amino-alcohol motifs (C(OH)–C–C–N with tert-alkyl or cyclic N) is 1. The van der Waals surface area contributed by atoms with Crippen molar-refractivity contribution in [3.05, 3.63) is 47.9 Å². The Bertz CT molecular complexity index is 1380. The maximum Gasteiger partial charge on any atom is 0.320 e. The summed E-state index contributed by atoms with van der Waals surface area (Å²) in [4.78, 5) is 32.9. The van der Waals surface area contributed by atoms with E-state index in [-0.39, 0.29) is 6.03 Å². The number of nitrogens with one attached hydrogen (secondary N) is 2.